The van der Waals surface area contributed by atoms with Gasteiger partial charge in [0.05, 0.1) is 11.2 Å². The molecule has 3 aromatic heterocycles. The molecule has 9 heteroatoms. The van der Waals surface area contributed by atoms with Crippen molar-refractivity contribution in [3.8, 4) is 10.9 Å². The smallest absolute Gasteiger partial charge is 0.404 e. The molecule has 0 spiro atoms. The van der Waals surface area contributed by atoms with E-state index >= 15 is 0 Å². The van der Waals surface area contributed by atoms with Gasteiger partial charge in [-0.2, -0.15) is 4.98 Å². The summed E-state index contributed by atoms with van der Waals surface area (Å²) in [4.78, 5) is 21.8. The van der Waals surface area contributed by atoms with E-state index in [2.05, 4.69) is 14.9 Å². The molecule has 0 aliphatic carbocycles. The molecule has 1 aliphatic rings. The van der Waals surface area contributed by atoms with E-state index in [-0.39, 0.29) is 6.10 Å². The highest BCUT2D eigenvalue weighted by Gasteiger charge is 2.22. The van der Waals surface area contributed by atoms with Crippen molar-refractivity contribution in [3.63, 3.8) is 0 Å². The number of nitrogens with two attached hydrogens (primary N) is 1. The second-order valence-corrected chi connectivity index (χ2v) is 8.22. The number of pyridine rings is 1. The molecule has 2 N–H and O–H groups in total. The maximum Gasteiger partial charge on any atom is 0.404 e. The molecule has 1 amide bonds. The molecule has 30 heavy (non-hydrogen) atoms. The highest BCUT2D eigenvalue weighted by atomic mass is 32.1. The molecule has 0 bridgehead atoms. The number of fused-ring (bicyclic) bond motifs is 2. The van der Waals surface area contributed by atoms with Crippen LogP contribution >= 0.6 is 11.3 Å². The number of carbonyl (C=O) groups is 1. The van der Waals surface area contributed by atoms with E-state index in [0.717, 1.165) is 47.4 Å². The van der Waals surface area contributed by atoms with E-state index in [0.29, 0.717) is 23.1 Å². The van der Waals surface area contributed by atoms with Crippen molar-refractivity contribution in [2.24, 2.45) is 5.73 Å². The lowest BCUT2D eigenvalue weighted by Gasteiger charge is -2.30. The summed E-state index contributed by atoms with van der Waals surface area (Å²) in [5, 5.41) is 1.58. The van der Waals surface area contributed by atoms with Crippen molar-refractivity contribution in [3.05, 3.63) is 48.4 Å². The molecule has 0 unspecified atom stereocenters. The van der Waals surface area contributed by atoms with Crippen LogP contribution in [0.1, 0.15) is 18.6 Å². The molecule has 5 rings (SSSR count). The first-order valence-electron chi connectivity index (χ1n) is 9.73. The van der Waals surface area contributed by atoms with Gasteiger partial charge in [-0.3, -0.25) is 4.90 Å². The Morgan fingerprint density at radius 2 is 2.13 bits per heavy atom. The Hall–Kier alpha value is -3.17. The van der Waals surface area contributed by atoms with E-state index < -0.39 is 6.09 Å². The molecule has 1 saturated heterocycles. The number of hydrogen-bond acceptors (Lipinski definition) is 8. The number of furan rings is 1. The third-order valence-corrected chi connectivity index (χ3v) is 5.98. The quantitative estimate of drug-likeness (QED) is 0.510. The molecule has 154 valence electrons. The number of carbonyl (C=O) groups excluding carboxylic acids is 1. The Kier molecular flexibility index (Phi) is 4.97. The molecular weight excluding hydrogens is 404 g/mol. The molecule has 1 aromatic carbocycles. The van der Waals surface area contributed by atoms with E-state index in [9.17, 15) is 4.79 Å². The second-order valence-electron chi connectivity index (χ2n) is 7.23. The minimum Gasteiger partial charge on any atom is -0.460 e. The molecule has 1 fully saturated rings. The van der Waals surface area contributed by atoms with Crippen molar-refractivity contribution >= 4 is 38.7 Å². The van der Waals surface area contributed by atoms with Gasteiger partial charge in [-0.1, -0.05) is 11.3 Å². The minimum absolute atomic E-state index is 0.0909. The van der Waals surface area contributed by atoms with Crippen LogP contribution < -0.4 is 10.5 Å². The molecule has 0 radical (unpaired) electrons. The summed E-state index contributed by atoms with van der Waals surface area (Å²) in [5.41, 5.74) is 6.55. The number of hydrogen-bond donors (Lipinski definition) is 1. The summed E-state index contributed by atoms with van der Waals surface area (Å²) in [5.74, 6) is 1.56. The van der Waals surface area contributed by atoms with Gasteiger partial charge in [-0.15, -0.1) is 0 Å². The third-order valence-electron chi connectivity index (χ3n) is 5.09. The van der Waals surface area contributed by atoms with Gasteiger partial charge in [0.1, 0.15) is 23.2 Å². The van der Waals surface area contributed by atoms with Crippen LogP contribution in [-0.4, -0.2) is 40.2 Å². The van der Waals surface area contributed by atoms with Crippen LogP contribution in [-0.2, 0) is 11.3 Å². The second kappa shape index (κ2) is 7.92. The summed E-state index contributed by atoms with van der Waals surface area (Å²) < 4.78 is 18.0. The molecular formula is C21H20N4O4S. The Morgan fingerprint density at radius 3 is 2.93 bits per heavy atom. The fourth-order valence-corrected chi connectivity index (χ4v) is 4.47. The third kappa shape index (κ3) is 4.07. The first-order chi connectivity index (χ1) is 14.6. The van der Waals surface area contributed by atoms with Gasteiger partial charge in [0.25, 0.3) is 5.19 Å². The summed E-state index contributed by atoms with van der Waals surface area (Å²) in [6, 6.07) is 11.7. The number of rotatable bonds is 5. The fraction of sp³-hybridized carbons (Fsp3) is 0.286. The zero-order chi connectivity index (χ0) is 20.5. The SMILES string of the molecule is NC(=O)OC1CCN(Cc2cc3ccc(Oc4nc5ncccc5s4)cc3o2)CC1. The van der Waals surface area contributed by atoms with E-state index in [1.54, 1.807) is 6.20 Å². The number of benzene rings is 1. The average molecular weight is 424 g/mol. The number of nitrogens with zero attached hydrogens (tertiary/aromatic N) is 3. The topological polar surface area (TPSA) is 104 Å². The first kappa shape index (κ1) is 18.8. The zero-order valence-electron chi connectivity index (χ0n) is 16.1. The van der Waals surface area contributed by atoms with Gasteiger partial charge >= 0.3 is 6.09 Å². The highest BCUT2D eigenvalue weighted by Crippen LogP contribution is 2.32. The number of piperidine rings is 1. The maximum absolute atomic E-state index is 10.9. The monoisotopic (exact) mass is 424 g/mol. The van der Waals surface area contributed by atoms with Crippen LogP contribution in [0.2, 0.25) is 0 Å². The Labute approximate surface area is 176 Å². The summed E-state index contributed by atoms with van der Waals surface area (Å²) in [6.45, 7) is 2.36. The van der Waals surface area contributed by atoms with Crippen LogP contribution in [0, 0.1) is 0 Å². The van der Waals surface area contributed by atoms with Gasteiger partial charge in [0.15, 0.2) is 5.65 Å². The Balaban J connectivity index is 1.25. The number of amides is 1. The zero-order valence-corrected chi connectivity index (χ0v) is 16.9. The summed E-state index contributed by atoms with van der Waals surface area (Å²) in [7, 11) is 0. The minimum atomic E-state index is -0.703. The lowest BCUT2D eigenvalue weighted by Crippen LogP contribution is -2.38. The molecule has 0 atom stereocenters. The van der Waals surface area contributed by atoms with Crippen molar-refractivity contribution in [1.29, 1.82) is 0 Å². The molecule has 4 aromatic rings. The standard InChI is InChI=1S/C21H20N4O4S/c22-20(26)28-14-5-8-25(9-6-14)12-16-10-13-3-4-15(11-17(13)27-16)29-21-24-19-18(30-21)2-1-7-23-19/h1-4,7,10-11,14H,5-6,8-9,12H2,(H2,22,26). The number of thiazole rings is 1. The molecule has 0 saturated carbocycles. The summed E-state index contributed by atoms with van der Waals surface area (Å²) in [6.07, 6.45) is 2.48. The lowest BCUT2D eigenvalue weighted by atomic mass is 10.1. The normalized spacial score (nSPS) is 15.6. The van der Waals surface area contributed by atoms with Crippen molar-refractivity contribution in [2.75, 3.05) is 13.1 Å². The van der Waals surface area contributed by atoms with Crippen LogP contribution in [0.3, 0.4) is 0 Å². The number of primary amides is 1. The Bertz CT molecular complexity index is 1160. The molecule has 1 aliphatic heterocycles. The predicted octanol–water partition coefficient (Wildman–Crippen LogP) is 4.29. The molecule has 4 heterocycles. The lowest BCUT2D eigenvalue weighted by molar-refractivity contribution is 0.0523. The Morgan fingerprint density at radius 1 is 1.27 bits per heavy atom. The molecule has 8 nitrogen and oxygen atoms in total. The van der Waals surface area contributed by atoms with Gasteiger partial charge in [0, 0.05) is 30.7 Å². The van der Waals surface area contributed by atoms with E-state index in [1.165, 1.54) is 11.3 Å². The van der Waals surface area contributed by atoms with Crippen molar-refractivity contribution < 1.29 is 18.7 Å². The predicted molar refractivity (Wildman–Crippen MR) is 113 cm³/mol. The van der Waals surface area contributed by atoms with Crippen LogP contribution in [0.15, 0.2) is 47.0 Å². The first-order valence-corrected chi connectivity index (χ1v) is 10.5. The number of ether oxygens (including phenoxy) is 2. The average Bonchev–Trinajstić information content (AvgIpc) is 3.31. The number of aromatic nitrogens is 2. The van der Waals surface area contributed by atoms with E-state index in [1.807, 2.05) is 36.4 Å². The fourth-order valence-electron chi connectivity index (χ4n) is 3.67. The van der Waals surface area contributed by atoms with Crippen LogP contribution in [0.25, 0.3) is 21.3 Å². The van der Waals surface area contributed by atoms with Crippen molar-refractivity contribution in [2.45, 2.75) is 25.5 Å². The van der Waals surface area contributed by atoms with Gasteiger partial charge in [-0.25, -0.2) is 9.78 Å². The maximum atomic E-state index is 10.9. The van der Waals surface area contributed by atoms with Gasteiger partial charge < -0.3 is 19.6 Å². The van der Waals surface area contributed by atoms with Gasteiger partial charge in [-0.05, 0) is 43.2 Å². The number of likely N-dealkylation sites (tertiary alicyclic amines) is 1. The largest absolute Gasteiger partial charge is 0.460 e. The van der Waals surface area contributed by atoms with Crippen LogP contribution in [0.5, 0.6) is 10.9 Å². The van der Waals surface area contributed by atoms with E-state index in [4.69, 9.17) is 19.6 Å². The van der Waals surface area contributed by atoms with Gasteiger partial charge in [0.2, 0.25) is 0 Å². The van der Waals surface area contributed by atoms with Crippen molar-refractivity contribution in [1.82, 2.24) is 14.9 Å². The highest BCUT2D eigenvalue weighted by molar-refractivity contribution is 7.20. The van der Waals surface area contributed by atoms with Crippen LogP contribution in [0.4, 0.5) is 4.79 Å². The summed E-state index contributed by atoms with van der Waals surface area (Å²) >= 11 is 1.46.